The molecule has 0 saturated carbocycles. The zero-order valence-corrected chi connectivity index (χ0v) is 12.6. The fourth-order valence-corrected chi connectivity index (χ4v) is 2.59. The number of rotatable bonds is 7. The molecule has 120 valence electrons. The van der Waals surface area contributed by atoms with Gasteiger partial charge >= 0.3 is 6.18 Å². The number of alkyl halides is 3. The average Bonchev–Trinajstić information content (AvgIpc) is 2.97. The van der Waals surface area contributed by atoms with Crippen molar-refractivity contribution in [3.63, 3.8) is 0 Å². The third kappa shape index (κ3) is 4.45. The van der Waals surface area contributed by atoms with Gasteiger partial charge in [0, 0.05) is 17.6 Å². The van der Waals surface area contributed by atoms with Crippen LogP contribution in [0.3, 0.4) is 0 Å². The first-order valence-corrected chi connectivity index (χ1v) is 7.76. The van der Waals surface area contributed by atoms with Crippen LogP contribution in [0.25, 0.3) is 11.3 Å². The van der Waals surface area contributed by atoms with Crippen LogP contribution in [0.15, 0.2) is 29.6 Å². The Bertz CT molecular complexity index is 598. The van der Waals surface area contributed by atoms with Gasteiger partial charge in [0.1, 0.15) is 5.75 Å². The van der Waals surface area contributed by atoms with Gasteiger partial charge in [-0.3, -0.25) is 0 Å². The zero-order chi connectivity index (χ0) is 16.0. The highest BCUT2D eigenvalue weighted by Crippen LogP contribution is 2.36. The summed E-state index contributed by atoms with van der Waals surface area (Å²) in [6.07, 6.45) is -2.09. The molecule has 1 aromatic heterocycles. The molecule has 0 aliphatic carbocycles. The minimum Gasteiger partial charge on any atom is -0.493 e. The van der Waals surface area contributed by atoms with Crippen LogP contribution in [0.5, 0.6) is 5.75 Å². The molecule has 0 spiro atoms. The maximum atomic E-state index is 12.6. The van der Waals surface area contributed by atoms with Gasteiger partial charge in [0.2, 0.25) is 0 Å². The lowest BCUT2D eigenvalue weighted by Gasteiger charge is -2.10. The number of benzene rings is 1. The largest absolute Gasteiger partial charge is 0.493 e. The number of thiazole rings is 1. The van der Waals surface area contributed by atoms with Crippen molar-refractivity contribution in [3.8, 4) is 17.0 Å². The van der Waals surface area contributed by atoms with Crippen LogP contribution in [-0.4, -0.2) is 23.3 Å². The number of hydrogen-bond donors (Lipinski definition) is 1. The van der Waals surface area contributed by atoms with Gasteiger partial charge in [-0.25, -0.2) is 4.98 Å². The van der Waals surface area contributed by atoms with Crippen molar-refractivity contribution >= 4 is 11.3 Å². The number of ether oxygens (including phenoxy) is 1. The predicted molar refractivity (Wildman–Crippen MR) is 79.0 cm³/mol. The van der Waals surface area contributed by atoms with E-state index in [4.69, 9.17) is 9.84 Å². The SMILES string of the molecule is OCCCCCOc1ccccc1-c1csc(C(F)(F)F)n1. The van der Waals surface area contributed by atoms with Gasteiger partial charge in [-0.05, 0) is 31.4 Å². The van der Waals surface area contributed by atoms with Crippen molar-refractivity contribution in [1.82, 2.24) is 4.98 Å². The number of nitrogens with zero attached hydrogens (tertiary/aromatic N) is 1. The lowest BCUT2D eigenvalue weighted by Crippen LogP contribution is -2.04. The average molecular weight is 331 g/mol. The molecule has 22 heavy (non-hydrogen) atoms. The maximum absolute atomic E-state index is 12.6. The van der Waals surface area contributed by atoms with E-state index >= 15 is 0 Å². The van der Waals surface area contributed by atoms with Gasteiger partial charge in [-0.2, -0.15) is 13.2 Å². The third-order valence-corrected chi connectivity index (χ3v) is 3.86. The summed E-state index contributed by atoms with van der Waals surface area (Å²) in [5, 5.41) is 9.23. The van der Waals surface area contributed by atoms with Crippen molar-refractivity contribution in [2.24, 2.45) is 0 Å². The Morgan fingerprint density at radius 1 is 1.14 bits per heavy atom. The first-order chi connectivity index (χ1) is 10.5. The van der Waals surface area contributed by atoms with Gasteiger partial charge in [-0.1, -0.05) is 12.1 Å². The zero-order valence-electron chi connectivity index (χ0n) is 11.8. The van der Waals surface area contributed by atoms with Crippen molar-refractivity contribution in [2.45, 2.75) is 25.4 Å². The number of unbranched alkanes of at least 4 members (excludes halogenated alkanes) is 2. The molecule has 3 nitrogen and oxygen atoms in total. The number of para-hydroxylation sites is 1. The Hall–Kier alpha value is -1.60. The molecule has 1 heterocycles. The fraction of sp³-hybridized carbons (Fsp3) is 0.400. The molecule has 2 rings (SSSR count). The molecule has 0 radical (unpaired) electrons. The standard InChI is InChI=1S/C15H16F3NO2S/c16-15(17,18)14-19-12(10-22-14)11-6-2-3-7-13(11)21-9-5-1-4-8-20/h2-3,6-7,10,20H,1,4-5,8-9H2. The lowest BCUT2D eigenvalue weighted by molar-refractivity contribution is -0.137. The number of aliphatic hydroxyl groups is 1. The van der Waals surface area contributed by atoms with E-state index in [9.17, 15) is 13.2 Å². The molecule has 0 fully saturated rings. The normalized spacial score (nSPS) is 11.6. The first-order valence-electron chi connectivity index (χ1n) is 6.88. The van der Waals surface area contributed by atoms with E-state index in [1.165, 1.54) is 5.38 Å². The Morgan fingerprint density at radius 2 is 1.91 bits per heavy atom. The second-order valence-corrected chi connectivity index (χ2v) is 5.52. The molecule has 1 N–H and O–H groups in total. The minimum atomic E-state index is -4.43. The monoisotopic (exact) mass is 331 g/mol. The van der Waals surface area contributed by atoms with Crippen LogP contribution >= 0.6 is 11.3 Å². The summed E-state index contributed by atoms with van der Waals surface area (Å²) in [4.78, 5) is 3.65. The summed E-state index contributed by atoms with van der Waals surface area (Å²) in [5.74, 6) is 0.519. The molecule has 1 aromatic carbocycles. The van der Waals surface area contributed by atoms with Crippen molar-refractivity contribution in [1.29, 1.82) is 0 Å². The molecular formula is C15H16F3NO2S. The highest BCUT2D eigenvalue weighted by atomic mass is 32.1. The molecular weight excluding hydrogens is 315 g/mol. The number of aromatic nitrogens is 1. The quantitative estimate of drug-likeness (QED) is 0.766. The van der Waals surface area contributed by atoms with Crippen LogP contribution in [0.4, 0.5) is 13.2 Å². The van der Waals surface area contributed by atoms with Crippen molar-refractivity contribution in [2.75, 3.05) is 13.2 Å². The van der Waals surface area contributed by atoms with E-state index in [1.54, 1.807) is 24.3 Å². The van der Waals surface area contributed by atoms with Crippen molar-refractivity contribution < 1.29 is 23.0 Å². The number of halogens is 3. The first kappa shape index (κ1) is 16.8. The molecule has 0 atom stereocenters. The summed E-state index contributed by atoms with van der Waals surface area (Å²) in [7, 11) is 0. The van der Waals surface area contributed by atoms with Crippen LogP contribution in [0.1, 0.15) is 24.3 Å². The Balaban J connectivity index is 2.09. The van der Waals surface area contributed by atoms with Crippen LogP contribution in [0, 0.1) is 0 Å². The highest BCUT2D eigenvalue weighted by Gasteiger charge is 2.34. The highest BCUT2D eigenvalue weighted by molar-refractivity contribution is 7.10. The summed E-state index contributed by atoms with van der Waals surface area (Å²) >= 11 is 0.576. The summed E-state index contributed by atoms with van der Waals surface area (Å²) in [6.45, 7) is 0.600. The van der Waals surface area contributed by atoms with Crippen LogP contribution in [-0.2, 0) is 6.18 Å². The second kappa shape index (κ2) is 7.60. The smallest absolute Gasteiger partial charge is 0.443 e. The van der Waals surface area contributed by atoms with E-state index in [2.05, 4.69) is 4.98 Å². The predicted octanol–water partition coefficient (Wildman–Crippen LogP) is 4.37. The molecule has 0 aliphatic heterocycles. The Kier molecular flexibility index (Phi) is 5.79. The number of aliphatic hydroxyl groups excluding tert-OH is 1. The minimum absolute atomic E-state index is 0.148. The fourth-order valence-electron chi connectivity index (χ4n) is 1.90. The second-order valence-electron chi connectivity index (χ2n) is 4.66. The van der Waals surface area contributed by atoms with E-state index in [1.807, 2.05) is 0 Å². The van der Waals surface area contributed by atoms with E-state index < -0.39 is 11.2 Å². The molecule has 0 amide bonds. The van der Waals surface area contributed by atoms with Gasteiger partial charge in [0.15, 0.2) is 5.01 Å². The third-order valence-electron chi connectivity index (χ3n) is 2.97. The van der Waals surface area contributed by atoms with Gasteiger partial charge in [0.05, 0.1) is 12.3 Å². The van der Waals surface area contributed by atoms with E-state index in [0.717, 1.165) is 12.8 Å². The molecule has 2 aromatic rings. The summed E-state index contributed by atoms with van der Waals surface area (Å²) < 4.78 is 43.5. The van der Waals surface area contributed by atoms with Crippen LogP contribution in [0.2, 0.25) is 0 Å². The summed E-state index contributed by atoms with van der Waals surface area (Å²) in [5.41, 5.74) is 0.819. The molecule has 0 unspecified atom stereocenters. The molecule has 0 saturated heterocycles. The topological polar surface area (TPSA) is 42.4 Å². The van der Waals surface area contributed by atoms with Gasteiger partial charge in [-0.15, -0.1) is 11.3 Å². The van der Waals surface area contributed by atoms with E-state index in [0.29, 0.717) is 35.7 Å². The molecule has 0 bridgehead atoms. The van der Waals surface area contributed by atoms with Crippen LogP contribution < -0.4 is 4.74 Å². The Morgan fingerprint density at radius 3 is 2.59 bits per heavy atom. The summed E-state index contributed by atoms with van der Waals surface area (Å²) in [6, 6.07) is 6.91. The van der Waals surface area contributed by atoms with Gasteiger partial charge < -0.3 is 9.84 Å². The maximum Gasteiger partial charge on any atom is 0.443 e. The molecule has 7 heteroatoms. The van der Waals surface area contributed by atoms with Gasteiger partial charge in [0.25, 0.3) is 0 Å². The van der Waals surface area contributed by atoms with E-state index in [-0.39, 0.29) is 12.3 Å². The lowest BCUT2D eigenvalue weighted by atomic mass is 10.1. The van der Waals surface area contributed by atoms with Crippen molar-refractivity contribution in [3.05, 3.63) is 34.7 Å². The molecule has 0 aliphatic rings. The Labute approximate surface area is 130 Å². The number of hydrogen-bond acceptors (Lipinski definition) is 4.